The molecule has 0 spiro atoms. The highest BCUT2D eigenvalue weighted by molar-refractivity contribution is 7.89. The van der Waals surface area contributed by atoms with E-state index >= 15 is 0 Å². The summed E-state index contributed by atoms with van der Waals surface area (Å²) in [5.41, 5.74) is 1.20. The third kappa shape index (κ3) is 5.06. The molecule has 2 atom stereocenters. The van der Waals surface area contributed by atoms with Gasteiger partial charge < -0.3 is 9.73 Å². The third-order valence-corrected chi connectivity index (χ3v) is 7.99. The molecule has 1 aromatic carbocycles. The average Bonchev–Trinajstić information content (AvgIpc) is 3.39. The molecule has 7 nitrogen and oxygen atoms in total. The van der Waals surface area contributed by atoms with E-state index < -0.39 is 10.0 Å². The van der Waals surface area contributed by atoms with Gasteiger partial charge in [0.2, 0.25) is 15.9 Å². The van der Waals surface area contributed by atoms with E-state index in [4.69, 9.17) is 4.42 Å². The van der Waals surface area contributed by atoms with E-state index in [1.807, 2.05) is 11.4 Å². The van der Waals surface area contributed by atoms with Gasteiger partial charge in [0.15, 0.2) is 10.8 Å². The lowest BCUT2D eigenvalue weighted by atomic mass is 9.94. The molecule has 31 heavy (non-hydrogen) atoms. The fraction of sp³-hybridized carbons (Fsp3) is 0.364. The number of benzene rings is 1. The molecule has 1 N–H and O–H groups in total. The number of sulfonamides is 1. The Balaban J connectivity index is 1.38. The predicted octanol–water partition coefficient (Wildman–Crippen LogP) is 4.25. The minimum Gasteiger partial charge on any atom is -0.462 e. The van der Waals surface area contributed by atoms with Crippen molar-refractivity contribution in [3.63, 3.8) is 0 Å². The van der Waals surface area contributed by atoms with Crippen molar-refractivity contribution in [2.24, 2.45) is 11.8 Å². The molecule has 3 heterocycles. The van der Waals surface area contributed by atoms with Crippen molar-refractivity contribution < 1.29 is 17.6 Å². The van der Waals surface area contributed by atoms with Crippen LogP contribution in [-0.4, -0.2) is 36.7 Å². The largest absolute Gasteiger partial charge is 0.462 e. The molecule has 0 aliphatic carbocycles. The highest BCUT2D eigenvalue weighted by Crippen LogP contribution is 2.27. The van der Waals surface area contributed by atoms with Gasteiger partial charge in [-0.25, -0.2) is 13.4 Å². The summed E-state index contributed by atoms with van der Waals surface area (Å²) in [6, 6.07) is 9.95. The number of furan rings is 1. The third-order valence-electron chi connectivity index (χ3n) is 5.24. The molecule has 0 radical (unpaired) electrons. The number of thiazole rings is 1. The minimum atomic E-state index is -3.54. The molecular formula is C22H25N3O4S2. The monoisotopic (exact) mass is 459 g/mol. The number of piperidine rings is 1. The van der Waals surface area contributed by atoms with Crippen LogP contribution in [-0.2, 0) is 21.2 Å². The Morgan fingerprint density at radius 2 is 1.90 bits per heavy atom. The molecule has 9 heteroatoms. The second kappa shape index (κ2) is 8.94. The predicted molar refractivity (Wildman–Crippen MR) is 120 cm³/mol. The SMILES string of the molecule is CC1CC(C)CN(S(=O)(=O)c2ccc(NC(=O)Cc3csc(-c4ccco4)n3)cc2)C1. The zero-order valence-electron chi connectivity index (χ0n) is 17.4. The molecule has 2 aromatic heterocycles. The van der Waals surface area contributed by atoms with Crippen molar-refractivity contribution >= 4 is 33.0 Å². The van der Waals surface area contributed by atoms with E-state index in [-0.39, 0.29) is 17.2 Å². The van der Waals surface area contributed by atoms with Crippen molar-refractivity contribution in [2.45, 2.75) is 31.6 Å². The van der Waals surface area contributed by atoms with Crippen LogP contribution in [0.5, 0.6) is 0 Å². The van der Waals surface area contributed by atoms with Crippen LogP contribution < -0.4 is 5.32 Å². The number of hydrogen-bond donors (Lipinski definition) is 1. The molecule has 0 saturated carbocycles. The highest BCUT2D eigenvalue weighted by Gasteiger charge is 2.31. The first kappa shape index (κ1) is 21.7. The number of carbonyl (C=O) groups excluding carboxylic acids is 1. The van der Waals surface area contributed by atoms with Crippen molar-refractivity contribution in [1.82, 2.24) is 9.29 Å². The van der Waals surface area contributed by atoms with Gasteiger partial charge in [0, 0.05) is 24.2 Å². The van der Waals surface area contributed by atoms with E-state index in [9.17, 15) is 13.2 Å². The Labute approximate surface area is 186 Å². The van der Waals surface area contributed by atoms with Crippen LogP contribution in [0.3, 0.4) is 0 Å². The lowest BCUT2D eigenvalue weighted by Crippen LogP contribution is -2.42. The number of aromatic nitrogens is 1. The molecule has 1 fully saturated rings. The fourth-order valence-corrected chi connectivity index (χ4v) is 6.40. The summed E-state index contributed by atoms with van der Waals surface area (Å²) in [4.78, 5) is 17.1. The second-order valence-corrected chi connectivity index (χ2v) is 10.9. The van der Waals surface area contributed by atoms with Crippen molar-refractivity contribution in [3.8, 4) is 10.8 Å². The number of nitrogens with zero attached hydrogens (tertiary/aromatic N) is 2. The van der Waals surface area contributed by atoms with Crippen LogP contribution in [0.25, 0.3) is 10.8 Å². The lowest BCUT2D eigenvalue weighted by molar-refractivity contribution is -0.115. The molecule has 0 bridgehead atoms. The molecule has 4 rings (SSSR count). The zero-order valence-corrected chi connectivity index (χ0v) is 19.1. The Morgan fingerprint density at radius 1 is 1.19 bits per heavy atom. The van der Waals surface area contributed by atoms with Crippen LogP contribution in [0.4, 0.5) is 5.69 Å². The molecule has 164 valence electrons. The Hall–Kier alpha value is -2.49. The number of rotatable bonds is 6. The number of anilines is 1. The first-order chi connectivity index (χ1) is 14.8. The summed E-state index contributed by atoms with van der Waals surface area (Å²) in [6.45, 7) is 5.24. The molecule has 1 saturated heterocycles. The molecular weight excluding hydrogens is 434 g/mol. The standard InChI is InChI=1S/C22H25N3O4S2/c1-15-10-16(2)13-25(12-15)31(27,28)19-7-5-17(6-8-19)23-21(26)11-18-14-30-22(24-18)20-4-3-9-29-20/h3-9,14-16H,10-13H2,1-2H3,(H,23,26). The normalized spacial score (nSPS) is 19.9. The second-order valence-electron chi connectivity index (χ2n) is 8.14. The van der Waals surface area contributed by atoms with E-state index in [0.717, 1.165) is 11.4 Å². The van der Waals surface area contributed by atoms with Gasteiger partial charge in [0.1, 0.15) is 0 Å². The molecule has 3 aromatic rings. The Kier molecular flexibility index (Phi) is 6.27. The summed E-state index contributed by atoms with van der Waals surface area (Å²) in [7, 11) is -3.54. The van der Waals surface area contributed by atoms with Crippen LogP contribution in [0, 0.1) is 11.8 Å². The van der Waals surface area contributed by atoms with Gasteiger partial charge in [0.05, 0.1) is 23.3 Å². The van der Waals surface area contributed by atoms with Crippen molar-refractivity contribution in [1.29, 1.82) is 0 Å². The van der Waals surface area contributed by atoms with Crippen molar-refractivity contribution in [2.75, 3.05) is 18.4 Å². The first-order valence-electron chi connectivity index (χ1n) is 10.2. The smallest absolute Gasteiger partial charge is 0.243 e. The van der Waals surface area contributed by atoms with Gasteiger partial charge in [-0.3, -0.25) is 4.79 Å². The summed E-state index contributed by atoms with van der Waals surface area (Å²) in [5, 5.41) is 5.35. The van der Waals surface area contributed by atoms with Crippen LogP contribution in [0.2, 0.25) is 0 Å². The summed E-state index contributed by atoms with van der Waals surface area (Å²) < 4.78 is 32.8. The van der Waals surface area contributed by atoms with E-state index in [1.165, 1.54) is 11.3 Å². The number of carbonyl (C=O) groups is 1. The molecule has 1 aliphatic heterocycles. The fourth-order valence-electron chi connectivity index (χ4n) is 3.93. The maximum absolute atomic E-state index is 13.0. The van der Waals surface area contributed by atoms with E-state index in [1.54, 1.807) is 40.9 Å². The first-order valence-corrected chi connectivity index (χ1v) is 12.5. The molecule has 1 aliphatic rings. The topological polar surface area (TPSA) is 92.5 Å². The van der Waals surface area contributed by atoms with Crippen LogP contribution in [0.1, 0.15) is 26.0 Å². The van der Waals surface area contributed by atoms with Gasteiger partial charge in [-0.05, 0) is 54.7 Å². The number of amides is 1. The van der Waals surface area contributed by atoms with Crippen molar-refractivity contribution in [3.05, 3.63) is 53.7 Å². The summed E-state index contributed by atoms with van der Waals surface area (Å²) in [5.74, 6) is 1.14. The average molecular weight is 460 g/mol. The molecule has 1 amide bonds. The molecule has 2 unspecified atom stereocenters. The van der Waals surface area contributed by atoms with E-state index in [0.29, 0.717) is 42.1 Å². The number of hydrogen-bond acceptors (Lipinski definition) is 6. The Morgan fingerprint density at radius 3 is 2.55 bits per heavy atom. The minimum absolute atomic E-state index is 0.126. The Bertz CT molecular complexity index is 1130. The quantitative estimate of drug-likeness (QED) is 0.595. The van der Waals surface area contributed by atoms with Gasteiger partial charge in [-0.15, -0.1) is 11.3 Å². The number of nitrogens with one attached hydrogen (secondary N) is 1. The lowest BCUT2D eigenvalue weighted by Gasteiger charge is -2.34. The zero-order chi connectivity index (χ0) is 22.0. The van der Waals surface area contributed by atoms with Gasteiger partial charge >= 0.3 is 0 Å². The maximum atomic E-state index is 13.0. The van der Waals surface area contributed by atoms with Gasteiger partial charge in [-0.1, -0.05) is 13.8 Å². The summed E-state index contributed by atoms with van der Waals surface area (Å²) >= 11 is 1.42. The highest BCUT2D eigenvalue weighted by atomic mass is 32.2. The van der Waals surface area contributed by atoms with E-state index in [2.05, 4.69) is 24.1 Å². The van der Waals surface area contributed by atoms with Crippen LogP contribution in [0.15, 0.2) is 57.4 Å². The maximum Gasteiger partial charge on any atom is 0.243 e. The summed E-state index contributed by atoms with van der Waals surface area (Å²) in [6.07, 6.45) is 2.75. The van der Waals surface area contributed by atoms with Gasteiger partial charge in [0.25, 0.3) is 0 Å². The van der Waals surface area contributed by atoms with Crippen LogP contribution >= 0.6 is 11.3 Å². The van der Waals surface area contributed by atoms with Gasteiger partial charge in [-0.2, -0.15) is 4.31 Å².